The van der Waals surface area contributed by atoms with Crippen molar-refractivity contribution in [3.63, 3.8) is 0 Å². The molecule has 0 aliphatic heterocycles. The lowest BCUT2D eigenvalue weighted by atomic mass is 9.84. The van der Waals surface area contributed by atoms with Crippen LogP contribution in [0.2, 0.25) is 0 Å². The molecule has 102 valence electrons. The fraction of sp³-hybridized carbons (Fsp3) is 0.600. The summed E-state index contributed by atoms with van der Waals surface area (Å²) >= 11 is 0. The summed E-state index contributed by atoms with van der Waals surface area (Å²) in [5, 5.41) is 19.9. The van der Waals surface area contributed by atoms with Crippen molar-refractivity contribution in [2.45, 2.75) is 45.8 Å². The van der Waals surface area contributed by atoms with Gasteiger partial charge in [-0.15, -0.1) is 0 Å². The normalized spacial score (nSPS) is 15.2. The first-order valence-corrected chi connectivity index (χ1v) is 6.33. The smallest absolute Gasteiger partial charge is 0.118 e. The maximum atomic E-state index is 9.94. The van der Waals surface area contributed by atoms with Crippen LogP contribution in [0.15, 0.2) is 24.3 Å². The molecular weight excluding hydrogens is 228 g/mol. The Hall–Kier alpha value is -1.06. The highest BCUT2D eigenvalue weighted by molar-refractivity contribution is 5.27. The second-order valence-electron chi connectivity index (χ2n) is 5.76. The molecule has 0 radical (unpaired) electrons. The lowest BCUT2D eigenvalue weighted by Gasteiger charge is -2.30. The van der Waals surface area contributed by atoms with Crippen molar-refractivity contribution < 1.29 is 14.9 Å². The monoisotopic (exact) mass is 252 g/mol. The van der Waals surface area contributed by atoms with Gasteiger partial charge in [0.1, 0.15) is 5.75 Å². The van der Waals surface area contributed by atoms with E-state index in [2.05, 4.69) is 0 Å². The zero-order valence-corrected chi connectivity index (χ0v) is 11.7. The molecule has 0 saturated heterocycles. The molecule has 1 aromatic carbocycles. The minimum Gasteiger partial charge on any atom is -0.497 e. The number of hydrogen-bond donors (Lipinski definition) is 2. The van der Waals surface area contributed by atoms with Gasteiger partial charge in [-0.1, -0.05) is 32.9 Å². The number of aliphatic hydroxyl groups is 2. The number of rotatable bonds is 5. The molecule has 1 rings (SSSR count). The molecule has 0 saturated carbocycles. The number of ether oxygens (including phenoxy) is 1. The number of aliphatic hydroxyl groups excluding tert-OH is 2. The van der Waals surface area contributed by atoms with Gasteiger partial charge < -0.3 is 14.9 Å². The van der Waals surface area contributed by atoms with Gasteiger partial charge in [-0.2, -0.15) is 0 Å². The van der Waals surface area contributed by atoms with Gasteiger partial charge in [0.2, 0.25) is 0 Å². The van der Waals surface area contributed by atoms with Crippen LogP contribution in [0.4, 0.5) is 0 Å². The third kappa shape index (κ3) is 4.31. The van der Waals surface area contributed by atoms with Crippen LogP contribution in [0.3, 0.4) is 0 Å². The number of methoxy groups -OCH3 is 1. The quantitative estimate of drug-likeness (QED) is 0.846. The van der Waals surface area contributed by atoms with Gasteiger partial charge in [0.05, 0.1) is 19.3 Å². The summed E-state index contributed by atoms with van der Waals surface area (Å²) in [6, 6.07) is 7.77. The van der Waals surface area contributed by atoms with E-state index in [1.165, 1.54) is 0 Å². The third-order valence-corrected chi connectivity index (χ3v) is 3.14. The largest absolute Gasteiger partial charge is 0.497 e. The van der Waals surface area contributed by atoms with Crippen molar-refractivity contribution in [3.8, 4) is 5.75 Å². The molecule has 0 heterocycles. The van der Waals surface area contributed by atoms with Crippen molar-refractivity contribution in [2.24, 2.45) is 5.41 Å². The average Bonchev–Trinajstić information content (AvgIpc) is 2.34. The molecule has 18 heavy (non-hydrogen) atoms. The third-order valence-electron chi connectivity index (χ3n) is 3.14. The summed E-state index contributed by atoms with van der Waals surface area (Å²) in [4.78, 5) is 0. The molecule has 0 bridgehead atoms. The molecule has 2 atom stereocenters. The van der Waals surface area contributed by atoms with Gasteiger partial charge in [0.25, 0.3) is 0 Å². The Balaban J connectivity index is 2.49. The number of aryl methyl sites for hydroxylation is 1. The minimum atomic E-state index is -0.698. The van der Waals surface area contributed by atoms with Gasteiger partial charge in [-0.25, -0.2) is 0 Å². The maximum Gasteiger partial charge on any atom is 0.118 e. The summed E-state index contributed by atoms with van der Waals surface area (Å²) < 4.78 is 5.09. The molecule has 1 aromatic rings. The summed E-state index contributed by atoms with van der Waals surface area (Å²) in [6.07, 6.45) is -0.0777. The molecule has 2 N–H and O–H groups in total. The molecule has 3 nitrogen and oxygen atoms in total. The Labute approximate surface area is 109 Å². The maximum absolute atomic E-state index is 9.94. The van der Waals surface area contributed by atoms with Crippen LogP contribution in [0.25, 0.3) is 0 Å². The lowest BCUT2D eigenvalue weighted by molar-refractivity contribution is -0.0470. The Morgan fingerprint density at radius 3 is 2.11 bits per heavy atom. The number of hydrogen-bond acceptors (Lipinski definition) is 3. The molecular formula is C15H24O3. The zero-order chi connectivity index (χ0) is 13.8. The highest BCUT2D eigenvalue weighted by Crippen LogP contribution is 2.24. The SMILES string of the molecule is COc1ccc(CCC(O)C(O)C(C)(C)C)cc1. The van der Waals surface area contributed by atoms with Crippen LogP contribution in [0, 0.1) is 5.41 Å². The zero-order valence-electron chi connectivity index (χ0n) is 11.7. The van der Waals surface area contributed by atoms with E-state index in [-0.39, 0.29) is 5.41 Å². The van der Waals surface area contributed by atoms with Gasteiger partial charge in [0.15, 0.2) is 0 Å². The Morgan fingerprint density at radius 2 is 1.67 bits per heavy atom. The van der Waals surface area contributed by atoms with Gasteiger partial charge in [0, 0.05) is 0 Å². The van der Waals surface area contributed by atoms with Crippen molar-refractivity contribution in [1.29, 1.82) is 0 Å². The van der Waals surface area contributed by atoms with Crippen LogP contribution in [0.1, 0.15) is 32.8 Å². The summed E-state index contributed by atoms with van der Waals surface area (Å²) in [6.45, 7) is 5.77. The molecule has 0 aliphatic rings. The van der Waals surface area contributed by atoms with E-state index in [0.717, 1.165) is 17.7 Å². The summed E-state index contributed by atoms with van der Waals surface area (Å²) in [5.74, 6) is 0.828. The number of benzene rings is 1. The lowest BCUT2D eigenvalue weighted by Crippen LogP contribution is -2.37. The van der Waals surface area contributed by atoms with Crippen LogP contribution in [-0.4, -0.2) is 29.5 Å². The second-order valence-corrected chi connectivity index (χ2v) is 5.76. The van der Waals surface area contributed by atoms with E-state index in [4.69, 9.17) is 4.74 Å². The Bertz CT molecular complexity index is 351. The van der Waals surface area contributed by atoms with Gasteiger partial charge >= 0.3 is 0 Å². The van der Waals surface area contributed by atoms with Crippen LogP contribution >= 0.6 is 0 Å². The average molecular weight is 252 g/mol. The molecule has 2 unspecified atom stereocenters. The van der Waals surface area contributed by atoms with Gasteiger partial charge in [-0.05, 0) is 36.0 Å². The minimum absolute atomic E-state index is 0.292. The molecule has 0 aromatic heterocycles. The van der Waals surface area contributed by atoms with Crippen molar-refractivity contribution >= 4 is 0 Å². The van der Waals surface area contributed by atoms with E-state index in [0.29, 0.717) is 6.42 Å². The fourth-order valence-electron chi connectivity index (χ4n) is 1.84. The van der Waals surface area contributed by atoms with Gasteiger partial charge in [-0.3, -0.25) is 0 Å². The fourth-order valence-corrected chi connectivity index (χ4v) is 1.84. The van der Waals surface area contributed by atoms with E-state index >= 15 is 0 Å². The predicted octanol–water partition coefficient (Wildman–Crippen LogP) is 2.40. The topological polar surface area (TPSA) is 49.7 Å². The standard InChI is InChI=1S/C15H24O3/c1-15(2,3)14(17)13(16)10-7-11-5-8-12(18-4)9-6-11/h5-6,8-9,13-14,16-17H,7,10H2,1-4H3. The summed E-state index contributed by atoms with van der Waals surface area (Å²) in [5.41, 5.74) is 0.843. The highest BCUT2D eigenvalue weighted by Gasteiger charge is 2.28. The van der Waals surface area contributed by atoms with E-state index < -0.39 is 12.2 Å². The highest BCUT2D eigenvalue weighted by atomic mass is 16.5. The van der Waals surface area contributed by atoms with Crippen molar-refractivity contribution in [2.75, 3.05) is 7.11 Å². The van der Waals surface area contributed by atoms with E-state index in [9.17, 15) is 10.2 Å². The molecule has 0 amide bonds. The van der Waals surface area contributed by atoms with Crippen molar-refractivity contribution in [3.05, 3.63) is 29.8 Å². The Morgan fingerprint density at radius 1 is 1.11 bits per heavy atom. The summed E-state index contributed by atoms with van der Waals surface area (Å²) in [7, 11) is 1.64. The second kappa shape index (κ2) is 6.21. The Kier molecular flexibility index (Phi) is 5.17. The van der Waals surface area contributed by atoms with Crippen LogP contribution < -0.4 is 4.74 Å². The van der Waals surface area contributed by atoms with E-state index in [1.54, 1.807) is 7.11 Å². The predicted molar refractivity (Wildman–Crippen MR) is 72.8 cm³/mol. The molecule has 0 fully saturated rings. The molecule has 0 spiro atoms. The molecule has 0 aliphatic carbocycles. The first-order chi connectivity index (χ1) is 8.34. The van der Waals surface area contributed by atoms with Crippen molar-refractivity contribution in [1.82, 2.24) is 0 Å². The van der Waals surface area contributed by atoms with Crippen LogP contribution in [0.5, 0.6) is 5.75 Å². The first-order valence-electron chi connectivity index (χ1n) is 6.33. The van der Waals surface area contributed by atoms with E-state index in [1.807, 2.05) is 45.0 Å². The van der Waals surface area contributed by atoms with Crippen LogP contribution in [-0.2, 0) is 6.42 Å². The first kappa shape index (κ1) is 15.0. The molecule has 3 heteroatoms.